The number of ketones is 1. The molecule has 63 heavy (non-hydrogen) atoms. The maximum atomic E-state index is 11.4. The summed E-state index contributed by atoms with van der Waals surface area (Å²) in [5, 5.41) is 21.0. The van der Waals surface area contributed by atoms with Crippen molar-refractivity contribution in [2.45, 2.75) is 55.9 Å². The Kier molecular flexibility index (Phi) is 48.8. The van der Waals surface area contributed by atoms with Crippen LogP contribution in [0.5, 0.6) is 0 Å². The van der Waals surface area contributed by atoms with E-state index in [1.165, 1.54) is 77.1 Å². The average Bonchev–Trinajstić information content (AvgIpc) is 3.18. The third-order valence-corrected chi connectivity index (χ3v) is 8.06. The van der Waals surface area contributed by atoms with Crippen LogP contribution in [0.25, 0.3) is 16.0 Å². The predicted molar refractivity (Wildman–Crippen MR) is 226 cm³/mol. The third kappa shape index (κ3) is 32.1. The van der Waals surface area contributed by atoms with E-state index in [9.17, 15) is 14.4 Å². The molecule has 0 saturated carbocycles. The quantitative estimate of drug-likeness (QED) is 0.115. The first-order valence-corrected chi connectivity index (χ1v) is 22.3. The molecule has 27 heteroatoms. The number of aromatic nitrogens is 6. The Balaban J connectivity index is -0.000000257. The van der Waals surface area contributed by atoms with E-state index < -0.39 is 5.97 Å². The van der Waals surface area contributed by atoms with E-state index in [2.05, 4.69) is 72.5 Å². The second-order valence-corrected chi connectivity index (χ2v) is 13.5. The van der Waals surface area contributed by atoms with Crippen LogP contribution in [-0.4, -0.2) is 131 Å². The number of aliphatic imine (C=N–C) groups is 4. The van der Waals surface area contributed by atoms with Crippen LogP contribution < -0.4 is 14.7 Å². The summed E-state index contributed by atoms with van der Waals surface area (Å²) in [7, 11) is 0. The SMILES string of the molecule is C.C=NC(=O)CN(CC)c1cc(C)nc([N-]C=N[CH]=[W])n1.CCN(CC(=O)O)c1cc(C)nc([N-]C=N[CH]=[W])n1.CCN(CC(C)=O)c1cc(C)nc([N-]C=N[CH]=[W])n1.[Y].[Y].[Y].[Y]. The number of carbonyl (C=O) groups is 3. The molecule has 0 saturated heterocycles. The molecule has 0 aromatic carbocycles. The fourth-order valence-corrected chi connectivity index (χ4v) is 4.90. The van der Waals surface area contributed by atoms with Crippen LogP contribution in [0.1, 0.15) is 52.2 Å². The number of aliphatic carboxylic acids is 1. The van der Waals surface area contributed by atoms with Crippen LogP contribution >= 0.6 is 0 Å². The van der Waals surface area contributed by atoms with Crippen LogP contribution in [0.4, 0.5) is 35.3 Å². The summed E-state index contributed by atoms with van der Waals surface area (Å²) < 4.78 is 5.10. The summed E-state index contributed by atoms with van der Waals surface area (Å²) in [4.78, 5) is 79.2. The first-order chi connectivity index (χ1) is 27.7. The number of nitrogens with zero attached hydrogens (tertiary/aromatic N) is 16. The zero-order valence-corrected chi connectivity index (χ0v) is 55.7. The molecule has 0 bridgehead atoms. The molecule has 3 aromatic rings. The fourth-order valence-electron chi connectivity index (χ4n) is 4.32. The van der Waals surface area contributed by atoms with Crippen LogP contribution in [0, 0.1) is 20.8 Å². The first kappa shape index (κ1) is 71.6. The number of likely N-dealkylation sites (N-methyl/N-ethyl adjacent to an activating group) is 3. The van der Waals surface area contributed by atoms with Gasteiger partial charge in [0, 0.05) is 131 Å². The van der Waals surface area contributed by atoms with Gasteiger partial charge in [-0.05, 0) is 0 Å². The number of amides is 1. The monoisotopic (exact) mass is 1680 g/mol. The first-order valence-electron chi connectivity index (χ1n) is 17.2. The number of hydrogen-bond acceptors (Lipinski definition) is 15. The van der Waals surface area contributed by atoms with Crippen molar-refractivity contribution >= 4 is 92.3 Å². The van der Waals surface area contributed by atoms with E-state index in [-0.39, 0.29) is 169 Å². The van der Waals surface area contributed by atoms with E-state index >= 15 is 0 Å². The number of rotatable bonds is 21. The molecule has 0 atom stereocenters. The van der Waals surface area contributed by atoms with Crippen molar-refractivity contribution in [2.75, 3.05) is 54.0 Å². The van der Waals surface area contributed by atoms with Gasteiger partial charge in [-0.2, -0.15) is 0 Å². The van der Waals surface area contributed by atoms with Gasteiger partial charge in [0.15, 0.2) is 0 Å². The van der Waals surface area contributed by atoms with E-state index in [0.717, 1.165) is 17.1 Å². The molecule has 0 aliphatic carbocycles. The Labute approximate surface area is 503 Å². The number of anilines is 3. The summed E-state index contributed by atoms with van der Waals surface area (Å²) in [5.74, 6) is 1.75. The van der Waals surface area contributed by atoms with Gasteiger partial charge in [0.1, 0.15) is 0 Å². The Morgan fingerprint density at radius 2 is 0.921 bits per heavy atom. The largest absolute Gasteiger partial charge is 0 e. The van der Waals surface area contributed by atoms with Crippen molar-refractivity contribution in [3.05, 3.63) is 51.2 Å². The van der Waals surface area contributed by atoms with E-state index in [4.69, 9.17) is 5.11 Å². The second-order valence-electron chi connectivity index (χ2n) is 11.2. The number of aryl methyl sites for hydroxylation is 3. The molecular formula is C36H49N16O4W3Y4-3. The minimum absolute atomic E-state index is 0. The van der Waals surface area contributed by atoms with Crippen LogP contribution in [0.3, 0.4) is 0 Å². The number of hydrogen-bond donors (Lipinski definition) is 1. The second kappa shape index (κ2) is 42.9. The minimum atomic E-state index is -0.901. The maximum absolute atomic E-state index is 11.4. The summed E-state index contributed by atoms with van der Waals surface area (Å²) in [6, 6.07) is 5.38. The molecule has 3 aromatic heterocycles. The van der Waals surface area contributed by atoms with E-state index in [0.29, 0.717) is 55.5 Å². The molecule has 0 unspecified atom stereocenters. The van der Waals surface area contributed by atoms with Gasteiger partial charge in [-0.25, -0.2) is 0 Å². The summed E-state index contributed by atoms with van der Waals surface area (Å²) >= 11 is 3.72. The van der Waals surface area contributed by atoms with Gasteiger partial charge in [0.25, 0.3) is 0 Å². The summed E-state index contributed by atoms with van der Waals surface area (Å²) in [6.07, 6.45) is 4.20. The third-order valence-electron chi connectivity index (χ3n) is 6.75. The number of Topliss-reactive ketones (excluding diaryl/α,β-unsaturated/α-hetero) is 1. The molecule has 330 valence electrons. The molecule has 1 N–H and O–H groups in total. The van der Waals surface area contributed by atoms with Crippen molar-refractivity contribution in [3.8, 4) is 0 Å². The van der Waals surface area contributed by atoms with Gasteiger partial charge in [-0.1, -0.05) is 7.43 Å². The van der Waals surface area contributed by atoms with E-state index in [1.54, 1.807) is 42.4 Å². The van der Waals surface area contributed by atoms with Crippen molar-refractivity contribution in [1.82, 2.24) is 29.9 Å². The molecule has 1 amide bonds. The van der Waals surface area contributed by atoms with E-state index in [1.807, 2.05) is 52.5 Å². The zero-order valence-electron chi connectivity index (χ0n) is 35.5. The Morgan fingerprint density at radius 3 is 1.17 bits per heavy atom. The number of carboxylic acid groups (broad SMARTS) is 1. The molecule has 0 aliphatic rings. The Hall–Kier alpha value is -0.379. The zero-order chi connectivity index (χ0) is 43.5. The smallest absolute Gasteiger partial charge is 0 e. The predicted octanol–water partition coefficient (Wildman–Crippen LogP) is 4.38. The molecule has 4 radical (unpaired) electrons. The number of carboxylic acids is 1. The molecule has 3 rings (SSSR count). The van der Waals surface area contributed by atoms with Gasteiger partial charge in [0.05, 0.1) is 0 Å². The van der Waals surface area contributed by atoms with Gasteiger partial charge in [0.2, 0.25) is 0 Å². The Morgan fingerprint density at radius 1 is 0.619 bits per heavy atom. The summed E-state index contributed by atoms with van der Waals surface area (Å²) in [5.41, 5.74) is 2.31. The van der Waals surface area contributed by atoms with Gasteiger partial charge >= 0.3 is 373 Å². The number of carbonyl (C=O) groups excluding carboxylic acids is 2. The molecule has 0 spiro atoms. The van der Waals surface area contributed by atoms with Crippen molar-refractivity contribution in [1.29, 1.82) is 0 Å². The minimum Gasteiger partial charge on any atom is 0 e. The van der Waals surface area contributed by atoms with Gasteiger partial charge < -0.3 is 0 Å². The fraction of sp³-hybridized carbons (Fsp3) is 0.389. The summed E-state index contributed by atoms with van der Waals surface area (Å²) in [6.45, 7) is 18.3. The van der Waals surface area contributed by atoms with Crippen LogP contribution in [0.2, 0.25) is 0 Å². The van der Waals surface area contributed by atoms with Crippen molar-refractivity contribution in [2.24, 2.45) is 20.0 Å². The van der Waals surface area contributed by atoms with Gasteiger partial charge in [-0.15, -0.1) is 0 Å². The van der Waals surface area contributed by atoms with Gasteiger partial charge in [-0.3, -0.25) is 0 Å². The Bertz CT molecular complexity index is 1880. The molecule has 20 nitrogen and oxygen atoms in total. The topological polar surface area (TPSA) is 250 Å². The maximum Gasteiger partial charge on any atom is 0 e. The molecular weight excluding hydrogens is 1630 g/mol. The molecule has 0 aliphatic heterocycles. The van der Waals surface area contributed by atoms with Crippen LogP contribution in [0.15, 0.2) is 38.2 Å². The normalized spacial score (nSPS) is 9.57. The van der Waals surface area contributed by atoms with Crippen molar-refractivity contribution < 1.29 is 208 Å². The standard InChI is InChI=1S/C12H15N6O.C12H16N5O.C11H15N5O2.CH4.3W.4Y/c1-5-18(7-11(19)14-4)10-6-9(2)16-12(17-10)15-8-13-3;1-5-17(7-10(3)18)11-6-9(2)15-12(16-11)14-8-13-4;1-4-16(6-10(17)18)9-5-8(2)14-11(15-9)13-7-12-3;;;;;;;;/h3,6,8H,4-5,7H2,1-2H3;4,6,8H,5,7H2,1-3H3;3,5,7H,4,6H2,1-2H3,(H2,13,14,15,17,18);1H4;;;;;;;/q2*-1;;;;;;;;;/p-1. The average molecular weight is 1680 g/mol. The molecule has 3 heterocycles. The van der Waals surface area contributed by atoms with Crippen molar-refractivity contribution in [3.63, 3.8) is 0 Å². The molecule has 0 fully saturated rings. The van der Waals surface area contributed by atoms with Crippen LogP contribution in [-0.2, 0) is 203 Å².